The lowest BCUT2D eigenvalue weighted by molar-refractivity contribution is -0.151. The lowest BCUT2D eigenvalue weighted by Crippen LogP contribution is -2.58. The van der Waals surface area contributed by atoms with Crippen LogP contribution in [-0.4, -0.2) is 31.6 Å². The second kappa shape index (κ2) is 16.8. The minimum atomic E-state index is -1.42. The van der Waals surface area contributed by atoms with E-state index in [2.05, 4.69) is 19.7 Å². The van der Waals surface area contributed by atoms with Crippen molar-refractivity contribution in [1.29, 1.82) is 0 Å². The summed E-state index contributed by atoms with van der Waals surface area (Å²) in [7, 11) is 0. The first-order chi connectivity index (χ1) is 18.6. The molecule has 0 saturated heterocycles. The zero-order chi connectivity index (χ0) is 29.5. The highest BCUT2D eigenvalue weighted by Crippen LogP contribution is 2.19. The van der Waals surface area contributed by atoms with Crippen LogP contribution in [0.4, 0.5) is 0 Å². The normalized spacial score (nSPS) is 13.0. The molecule has 12 heteroatoms. The second-order valence-corrected chi connectivity index (χ2v) is 8.67. The van der Waals surface area contributed by atoms with E-state index in [9.17, 15) is 28.8 Å². The second-order valence-electron chi connectivity index (χ2n) is 8.67. The van der Waals surface area contributed by atoms with Gasteiger partial charge in [0.1, 0.15) is 0 Å². The van der Waals surface area contributed by atoms with Crippen LogP contribution in [0.5, 0.6) is 0 Å². The number of ether oxygens (including phenoxy) is 3. The van der Waals surface area contributed by atoms with E-state index in [0.29, 0.717) is 52.2 Å². The molecular formula is C27H39N3O9. The van der Waals surface area contributed by atoms with Gasteiger partial charge in [0.25, 0.3) is 0 Å². The summed E-state index contributed by atoms with van der Waals surface area (Å²) in [6.07, 6.45) is 1.82. The van der Waals surface area contributed by atoms with Gasteiger partial charge in [-0.3, -0.25) is 0 Å². The molecule has 0 bridgehead atoms. The number of carbonyl (C=O) groups is 3. The van der Waals surface area contributed by atoms with E-state index in [1.165, 1.54) is 0 Å². The van der Waals surface area contributed by atoms with Crippen LogP contribution >= 0.6 is 0 Å². The molecule has 0 spiro atoms. The summed E-state index contributed by atoms with van der Waals surface area (Å²) in [6, 6.07) is 0. The molecule has 1 heterocycles. The van der Waals surface area contributed by atoms with E-state index in [1.807, 2.05) is 20.8 Å². The van der Waals surface area contributed by atoms with Gasteiger partial charge >= 0.3 is 35.0 Å². The van der Waals surface area contributed by atoms with Gasteiger partial charge in [0.15, 0.2) is 18.7 Å². The Morgan fingerprint density at radius 2 is 0.821 bits per heavy atom. The van der Waals surface area contributed by atoms with E-state index in [-0.39, 0.29) is 19.3 Å². The lowest BCUT2D eigenvalue weighted by atomic mass is 10.2. The summed E-state index contributed by atoms with van der Waals surface area (Å²) in [5, 5.41) is 0. The molecule has 0 aliphatic carbocycles. The summed E-state index contributed by atoms with van der Waals surface area (Å²) in [4.78, 5) is 77.8. The molecule has 0 fully saturated rings. The first kappa shape index (κ1) is 33.1. The Bertz CT molecular complexity index is 1030. The SMILES string of the molecule is C=CC(=O)OC(CCCC)n1c(=O)n(C(CCCC)OC(=O)C=C)c(=O)n(C(CCCC)OC(=O)C=C)c1=O. The quantitative estimate of drug-likeness (QED) is 0.153. The Hall–Kier alpha value is -3.96. The molecule has 0 radical (unpaired) electrons. The maximum Gasteiger partial charge on any atom is 0.342 e. The molecule has 1 rings (SSSR count). The molecular weight excluding hydrogens is 510 g/mol. The zero-order valence-corrected chi connectivity index (χ0v) is 23.0. The molecule has 0 aromatic carbocycles. The van der Waals surface area contributed by atoms with Gasteiger partial charge in [0.05, 0.1) is 0 Å². The fourth-order valence-electron chi connectivity index (χ4n) is 3.74. The Kier molecular flexibility index (Phi) is 14.2. The highest BCUT2D eigenvalue weighted by Gasteiger charge is 2.31. The van der Waals surface area contributed by atoms with Crippen molar-refractivity contribution in [3.63, 3.8) is 0 Å². The molecule has 0 aliphatic rings. The van der Waals surface area contributed by atoms with E-state index in [0.717, 1.165) is 18.2 Å². The van der Waals surface area contributed by atoms with Crippen molar-refractivity contribution in [1.82, 2.24) is 13.7 Å². The van der Waals surface area contributed by atoms with Gasteiger partial charge in [0.2, 0.25) is 0 Å². The number of hydrogen-bond acceptors (Lipinski definition) is 9. The van der Waals surface area contributed by atoms with Crippen molar-refractivity contribution in [2.24, 2.45) is 0 Å². The number of unbranched alkanes of at least 4 members (excludes halogenated alkanes) is 3. The summed E-state index contributed by atoms with van der Waals surface area (Å²) in [6.45, 7) is 15.6. The Balaban J connectivity index is 4.17. The van der Waals surface area contributed by atoms with Crippen LogP contribution in [0.15, 0.2) is 52.3 Å². The topological polar surface area (TPSA) is 145 Å². The highest BCUT2D eigenvalue weighted by molar-refractivity contribution is 5.82. The smallest absolute Gasteiger partial charge is 0.342 e. The van der Waals surface area contributed by atoms with Crippen LogP contribution < -0.4 is 17.1 Å². The standard InChI is InChI=1S/C27H39N3O9/c1-7-13-16-19(37-22(31)10-4)28-25(34)29(20(17-14-8-2)38-23(32)11-5)27(36)30(26(28)35)21(18-15-9-3)39-24(33)12-6/h10-12,19-21H,4-9,13-18H2,1-3H3. The number of rotatable bonds is 18. The van der Waals surface area contributed by atoms with Crippen LogP contribution in [0.2, 0.25) is 0 Å². The van der Waals surface area contributed by atoms with Crippen molar-refractivity contribution in [3.8, 4) is 0 Å². The van der Waals surface area contributed by atoms with Crippen LogP contribution in [0.25, 0.3) is 0 Å². The summed E-state index contributed by atoms with van der Waals surface area (Å²) in [5.74, 6) is -2.69. The third-order valence-electron chi connectivity index (χ3n) is 5.77. The van der Waals surface area contributed by atoms with Crippen molar-refractivity contribution < 1.29 is 28.6 Å². The first-order valence-corrected chi connectivity index (χ1v) is 13.1. The minimum absolute atomic E-state index is 0.0571. The third kappa shape index (κ3) is 9.08. The van der Waals surface area contributed by atoms with Crippen molar-refractivity contribution in [2.75, 3.05) is 0 Å². The molecule has 0 N–H and O–H groups in total. The van der Waals surface area contributed by atoms with E-state index in [4.69, 9.17) is 14.2 Å². The Labute approximate surface area is 227 Å². The summed E-state index contributed by atoms with van der Waals surface area (Å²) < 4.78 is 17.9. The minimum Gasteiger partial charge on any atom is -0.438 e. The van der Waals surface area contributed by atoms with Crippen LogP contribution in [-0.2, 0) is 28.6 Å². The Morgan fingerprint density at radius 3 is 1.00 bits per heavy atom. The molecule has 216 valence electrons. The maximum atomic E-state index is 13.8. The number of carbonyl (C=O) groups excluding carboxylic acids is 3. The highest BCUT2D eigenvalue weighted by atomic mass is 16.6. The molecule has 1 aromatic heterocycles. The van der Waals surface area contributed by atoms with Gasteiger partial charge in [-0.2, -0.15) is 0 Å². The van der Waals surface area contributed by atoms with E-state index < -0.39 is 53.7 Å². The van der Waals surface area contributed by atoms with Crippen LogP contribution in [0.1, 0.15) is 97.2 Å². The molecule has 0 aliphatic heterocycles. The van der Waals surface area contributed by atoms with Gasteiger partial charge < -0.3 is 14.2 Å². The fourth-order valence-corrected chi connectivity index (χ4v) is 3.74. The average molecular weight is 550 g/mol. The van der Waals surface area contributed by atoms with Gasteiger partial charge in [-0.05, 0) is 19.3 Å². The number of hydrogen-bond donors (Lipinski definition) is 0. The molecule has 3 atom stereocenters. The monoisotopic (exact) mass is 549 g/mol. The lowest BCUT2D eigenvalue weighted by Gasteiger charge is -2.26. The fraction of sp³-hybridized carbons (Fsp3) is 0.556. The number of esters is 3. The summed E-state index contributed by atoms with van der Waals surface area (Å²) >= 11 is 0. The number of nitrogens with zero attached hydrogens (tertiary/aromatic N) is 3. The third-order valence-corrected chi connectivity index (χ3v) is 5.77. The summed E-state index contributed by atoms with van der Waals surface area (Å²) in [5.41, 5.74) is -3.45. The molecule has 1 aromatic rings. The van der Waals surface area contributed by atoms with Crippen LogP contribution in [0, 0.1) is 0 Å². The predicted molar refractivity (Wildman–Crippen MR) is 144 cm³/mol. The zero-order valence-electron chi connectivity index (χ0n) is 23.0. The van der Waals surface area contributed by atoms with Gasteiger partial charge in [-0.15, -0.1) is 0 Å². The van der Waals surface area contributed by atoms with Crippen LogP contribution in [0.3, 0.4) is 0 Å². The molecule has 39 heavy (non-hydrogen) atoms. The molecule has 0 saturated carbocycles. The maximum absolute atomic E-state index is 13.8. The average Bonchev–Trinajstić information content (AvgIpc) is 2.92. The van der Waals surface area contributed by atoms with Gasteiger partial charge in [-0.1, -0.05) is 59.8 Å². The van der Waals surface area contributed by atoms with Gasteiger partial charge in [0, 0.05) is 37.5 Å². The van der Waals surface area contributed by atoms with Gasteiger partial charge in [-0.25, -0.2) is 42.5 Å². The van der Waals surface area contributed by atoms with Crippen molar-refractivity contribution >= 4 is 17.9 Å². The largest absolute Gasteiger partial charge is 0.438 e. The predicted octanol–water partition coefficient (Wildman–Crippen LogP) is 3.43. The van der Waals surface area contributed by atoms with E-state index >= 15 is 0 Å². The van der Waals surface area contributed by atoms with Crippen molar-refractivity contribution in [2.45, 2.75) is 97.2 Å². The Morgan fingerprint density at radius 1 is 0.590 bits per heavy atom. The molecule has 0 amide bonds. The molecule has 3 unspecified atom stereocenters. The first-order valence-electron chi connectivity index (χ1n) is 13.1. The van der Waals surface area contributed by atoms with Crippen molar-refractivity contribution in [3.05, 3.63) is 69.4 Å². The molecule has 12 nitrogen and oxygen atoms in total. The van der Waals surface area contributed by atoms with E-state index in [1.54, 1.807) is 0 Å². The number of aromatic nitrogens is 3.